The third-order valence-corrected chi connectivity index (χ3v) is 4.47. The summed E-state index contributed by atoms with van der Waals surface area (Å²) in [6.07, 6.45) is 6.09. The number of hydrogen-bond donors (Lipinski definition) is 1. The van der Waals surface area contributed by atoms with Gasteiger partial charge in [0.1, 0.15) is 0 Å². The molecule has 1 saturated heterocycles. The summed E-state index contributed by atoms with van der Waals surface area (Å²) in [7, 11) is 0. The van der Waals surface area contributed by atoms with Crippen LogP contribution in [0.2, 0.25) is 5.02 Å². The van der Waals surface area contributed by atoms with E-state index in [0.29, 0.717) is 10.9 Å². The molecule has 4 rings (SSSR count). The highest BCUT2D eigenvalue weighted by Crippen LogP contribution is 2.27. The standard InChI is InChI=1S/C17H17ClN4/c18-13-6-7-17-14(10-20-22(17)11-13)16-5-1-4-15(21-16)12-3-2-8-19-9-12/h1,4-7,10-12,19H,2-3,8-9H2/t12-/m0/s1. The van der Waals surface area contributed by atoms with Crippen molar-refractivity contribution in [1.29, 1.82) is 0 Å². The van der Waals surface area contributed by atoms with Gasteiger partial charge in [0.25, 0.3) is 0 Å². The van der Waals surface area contributed by atoms with E-state index in [4.69, 9.17) is 16.6 Å². The molecule has 3 aromatic heterocycles. The first-order valence-corrected chi connectivity index (χ1v) is 8.00. The van der Waals surface area contributed by atoms with Crippen LogP contribution < -0.4 is 5.32 Å². The van der Waals surface area contributed by atoms with Gasteiger partial charge in [0.15, 0.2) is 0 Å². The number of rotatable bonds is 2. The molecule has 112 valence electrons. The van der Waals surface area contributed by atoms with Crippen LogP contribution in [0.25, 0.3) is 16.8 Å². The maximum Gasteiger partial charge on any atom is 0.0756 e. The molecule has 0 spiro atoms. The minimum absolute atomic E-state index is 0.505. The zero-order valence-electron chi connectivity index (χ0n) is 12.2. The molecule has 0 bridgehead atoms. The van der Waals surface area contributed by atoms with Crippen molar-refractivity contribution in [3.63, 3.8) is 0 Å². The first-order valence-electron chi connectivity index (χ1n) is 7.62. The molecule has 1 atom stereocenters. The number of nitrogens with zero attached hydrogens (tertiary/aromatic N) is 3. The quantitative estimate of drug-likeness (QED) is 0.787. The minimum Gasteiger partial charge on any atom is -0.316 e. The Kier molecular flexibility index (Phi) is 3.56. The Morgan fingerprint density at radius 1 is 1.23 bits per heavy atom. The number of hydrogen-bond acceptors (Lipinski definition) is 3. The number of piperidine rings is 1. The van der Waals surface area contributed by atoms with Gasteiger partial charge in [-0.05, 0) is 43.7 Å². The summed E-state index contributed by atoms with van der Waals surface area (Å²) >= 11 is 6.02. The van der Waals surface area contributed by atoms with Gasteiger partial charge in [-0.1, -0.05) is 17.7 Å². The zero-order valence-corrected chi connectivity index (χ0v) is 12.9. The van der Waals surface area contributed by atoms with Crippen molar-refractivity contribution in [3.05, 3.63) is 53.4 Å². The summed E-state index contributed by atoms with van der Waals surface area (Å²) in [5, 5.41) is 8.51. The van der Waals surface area contributed by atoms with E-state index in [9.17, 15) is 0 Å². The Morgan fingerprint density at radius 2 is 2.18 bits per heavy atom. The Labute approximate surface area is 134 Å². The topological polar surface area (TPSA) is 42.2 Å². The predicted molar refractivity (Wildman–Crippen MR) is 88.3 cm³/mol. The SMILES string of the molecule is Clc1ccc2c(-c3cccc([C@H]4CCCNC4)n3)cnn2c1. The van der Waals surface area contributed by atoms with Crippen molar-refractivity contribution in [2.45, 2.75) is 18.8 Å². The van der Waals surface area contributed by atoms with Crippen LogP contribution in [0, 0.1) is 0 Å². The van der Waals surface area contributed by atoms with Crippen LogP contribution in [0.4, 0.5) is 0 Å². The lowest BCUT2D eigenvalue weighted by molar-refractivity contribution is 0.455. The molecule has 0 radical (unpaired) electrons. The fraction of sp³-hybridized carbons (Fsp3) is 0.294. The van der Waals surface area contributed by atoms with Crippen LogP contribution in [0.5, 0.6) is 0 Å². The molecule has 0 saturated carbocycles. The Hall–Kier alpha value is -1.91. The minimum atomic E-state index is 0.505. The van der Waals surface area contributed by atoms with Gasteiger partial charge >= 0.3 is 0 Å². The van der Waals surface area contributed by atoms with Crippen molar-refractivity contribution in [1.82, 2.24) is 19.9 Å². The lowest BCUT2D eigenvalue weighted by Crippen LogP contribution is -2.28. The summed E-state index contributed by atoms with van der Waals surface area (Å²) < 4.78 is 1.80. The second-order valence-corrected chi connectivity index (χ2v) is 6.16. The number of fused-ring (bicyclic) bond motifs is 1. The largest absolute Gasteiger partial charge is 0.316 e. The first kappa shape index (κ1) is 13.7. The smallest absolute Gasteiger partial charge is 0.0756 e. The molecule has 1 aliphatic heterocycles. The molecule has 0 aliphatic carbocycles. The summed E-state index contributed by atoms with van der Waals surface area (Å²) in [5.41, 5.74) is 4.21. The molecule has 1 N–H and O–H groups in total. The molecule has 0 unspecified atom stereocenters. The highest BCUT2D eigenvalue weighted by atomic mass is 35.5. The Bertz CT molecular complexity index is 805. The average Bonchev–Trinajstić information content (AvgIpc) is 2.99. The van der Waals surface area contributed by atoms with E-state index in [1.165, 1.54) is 12.8 Å². The van der Waals surface area contributed by atoms with Crippen LogP contribution in [-0.4, -0.2) is 27.7 Å². The van der Waals surface area contributed by atoms with Gasteiger partial charge in [0.05, 0.1) is 22.4 Å². The number of halogens is 1. The molecular formula is C17H17ClN4. The number of pyridine rings is 2. The van der Waals surface area contributed by atoms with Crippen LogP contribution in [0.3, 0.4) is 0 Å². The van der Waals surface area contributed by atoms with E-state index >= 15 is 0 Å². The third kappa shape index (κ3) is 2.49. The van der Waals surface area contributed by atoms with E-state index in [1.54, 1.807) is 4.52 Å². The average molecular weight is 313 g/mol. The third-order valence-electron chi connectivity index (χ3n) is 4.24. The van der Waals surface area contributed by atoms with Gasteiger partial charge in [-0.15, -0.1) is 0 Å². The zero-order chi connectivity index (χ0) is 14.9. The molecular weight excluding hydrogens is 296 g/mol. The maximum atomic E-state index is 6.02. The van der Waals surface area contributed by atoms with Crippen LogP contribution >= 0.6 is 11.6 Å². The van der Waals surface area contributed by atoms with Crippen LogP contribution in [0.15, 0.2) is 42.7 Å². The first-order chi connectivity index (χ1) is 10.8. The van der Waals surface area contributed by atoms with Gasteiger partial charge in [0.2, 0.25) is 0 Å². The maximum absolute atomic E-state index is 6.02. The Morgan fingerprint density at radius 3 is 3.05 bits per heavy atom. The molecule has 1 aliphatic rings. The molecule has 22 heavy (non-hydrogen) atoms. The lowest BCUT2D eigenvalue weighted by atomic mass is 9.95. The second kappa shape index (κ2) is 5.71. The molecule has 4 nitrogen and oxygen atoms in total. The van der Waals surface area contributed by atoms with E-state index in [-0.39, 0.29) is 0 Å². The van der Waals surface area contributed by atoms with Gasteiger partial charge in [-0.2, -0.15) is 5.10 Å². The van der Waals surface area contributed by atoms with Crippen molar-refractivity contribution >= 4 is 17.1 Å². The van der Waals surface area contributed by atoms with Gasteiger partial charge in [-0.25, -0.2) is 4.52 Å². The highest BCUT2D eigenvalue weighted by Gasteiger charge is 2.17. The summed E-state index contributed by atoms with van der Waals surface area (Å²) in [5.74, 6) is 0.505. The molecule has 3 aromatic rings. The highest BCUT2D eigenvalue weighted by molar-refractivity contribution is 6.30. The summed E-state index contributed by atoms with van der Waals surface area (Å²) in [4.78, 5) is 4.89. The summed E-state index contributed by atoms with van der Waals surface area (Å²) in [6, 6.07) is 10.1. The van der Waals surface area contributed by atoms with E-state index < -0.39 is 0 Å². The molecule has 0 amide bonds. The molecule has 0 aromatic carbocycles. The van der Waals surface area contributed by atoms with Gasteiger partial charge < -0.3 is 5.32 Å². The molecule has 1 fully saturated rings. The normalized spacial score (nSPS) is 18.7. The predicted octanol–water partition coefficient (Wildman–Crippen LogP) is 3.52. The van der Waals surface area contributed by atoms with Crippen LogP contribution in [-0.2, 0) is 0 Å². The molecule has 5 heteroatoms. The lowest BCUT2D eigenvalue weighted by Gasteiger charge is -2.22. The summed E-state index contributed by atoms with van der Waals surface area (Å²) in [6.45, 7) is 2.13. The fourth-order valence-corrected chi connectivity index (χ4v) is 3.24. The second-order valence-electron chi connectivity index (χ2n) is 5.73. The number of aromatic nitrogens is 3. The van der Waals surface area contributed by atoms with E-state index in [2.05, 4.69) is 22.5 Å². The van der Waals surface area contributed by atoms with E-state index in [1.807, 2.05) is 30.6 Å². The van der Waals surface area contributed by atoms with Crippen molar-refractivity contribution in [2.75, 3.05) is 13.1 Å². The monoisotopic (exact) mass is 312 g/mol. The van der Waals surface area contributed by atoms with Crippen molar-refractivity contribution < 1.29 is 0 Å². The van der Waals surface area contributed by atoms with Gasteiger partial charge in [0, 0.05) is 29.9 Å². The van der Waals surface area contributed by atoms with E-state index in [0.717, 1.165) is 35.6 Å². The van der Waals surface area contributed by atoms with Crippen molar-refractivity contribution in [3.8, 4) is 11.3 Å². The van der Waals surface area contributed by atoms with Gasteiger partial charge in [-0.3, -0.25) is 4.98 Å². The van der Waals surface area contributed by atoms with Crippen LogP contribution in [0.1, 0.15) is 24.5 Å². The molecule has 4 heterocycles. The Balaban J connectivity index is 1.75. The number of nitrogens with one attached hydrogen (secondary N) is 1. The van der Waals surface area contributed by atoms with Crippen molar-refractivity contribution in [2.24, 2.45) is 0 Å². The fourth-order valence-electron chi connectivity index (χ4n) is 3.09.